The summed E-state index contributed by atoms with van der Waals surface area (Å²) in [5, 5.41) is 3.65. The third-order valence-electron chi connectivity index (χ3n) is 4.01. The van der Waals surface area contributed by atoms with Gasteiger partial charge in [-0.2, -0.15) is 0 Å². The van der Waals surface area contributed by atoms with Gasteiger partial charge in [0, 0.05) is 6.04 Å². The number of likely N-dealkylation sites (N-methyl/N-ethyl adjacent to an activating group) is 1. The van der Waals surface area contributed by atoms with Crippen molar-refractivity contribution in [3.05, 3.63) is 35.4 Å². The fourth-order valence-corrected chi connectivity index (χ4v) is 3.29. The Labute approximate surface area is 112 Å². The lowest BCUT2D eigenvalue weighted by Crippen LogP contribution is -2.30. The van der Waals surface area contributed by atoms with E-state index < -0.39 is 0 Å². The second kappa shape index (κ2) is 6.38. The summed E-state index contributed by atoms with van der Waals surface area (Å²) in [4.78, 5) is 0. The molecule has 1 aromatic rings. The van der Waals surface area contributed by atoms with E-state index in [1.165, 1.54) is 31.2 Å². The van der Waals surface area contributed by atoms with Crippen LogP contribution < -0.4 is 5.32 Å². The van der Waals surface area contributed by atoms with Gasteiger partial charge in [-0.1, -0.05) is 51.5 Å². The van der Waals surface area contributed by atoms with E-state index in [4.69, 9.17) is 0 Å². The van der Waals surface area contributed by atoms with Crippen molar-refractivity contribution in [2.24, 2.45) is 5.92 Å². The molecule has 1 N–H and O–H groups in total. The van der Waals surface area contributed by atoms with Crippen molar-refractivity contribution in [3.8, 4) is 0 Å². The maximum Gasteiger partial charge on any atom is 0.0136 e. The number of hydrogen-bond acceptors (Lipinski definition) is 1. The molecule has 1 nitrogen and oxygen atoms in total. The molecule has 2 rings (SSSR count). The third kappa shape index (κ3) is 3.35. The van der Waals surface area contributed by atoms with Crippen LogP contribution in [0.2, 0.25) is 0 Å². The smallest absolute Gasteiger partial charge is 0.0136 e. The molecule has 2 unspecified atom stereocenters. The predicted octanol–water partition coefficient (Wildman–Crippen LogP) is 4.13. The van der Waals surface area contributed by atoms with Gasteiger partial charge in [-0.15, -0.1) is 0 Å². The monoisotopic (exact) mass is 245 g/mol. The quantitative estimate of drug-likeness (QED) is 0.822. The number of rotatable bonds is 5. The molecular formula is C17H27N. The van der Waals surface area contributed by atoms with Crippen molar-refractivity contribution in [3.63, 3.8) is 0 Å². The minimum atomic E-state index is 0.698. The van der Waals surface area contributed by atoms with Gasteiger partial charge >= 0.3 is 0 Å². The molecule has 0 bridgehead atoms. The Morgan fingerprint density at radius 2 is 2.11 bits per heavy atom. The first-order chi connectivity index (χ1) is 8.70. The molecule has 2 atom stereocenters. The van der Waals surface area contributed by atoms with Gasteiger partial charge in [-0.25, -0.2) is 0 Å². The highest BCUT2D eigenvalue weighted by atomic mass is 14.9. The Morgan fingerprint density at radius 3 is 2.83 bits per heavy atom. The standard InChI is InChI=1S/C17H27N/c1-4-18-17-10-6-9-16(17)15-8-5-7-14(12-15)11-13(2)3/h5,7-8,12-13,16-18H,4,6,9-11H2,1-3H3. The van der Waals surface area contributed by atoms with Gasteiger partial charge in [0.05, 0.1) is 0 Å². The minimum Gasteiger partial charge on any atom is -0.314 e. The average Bonchev–Trinajstić information content (AvgIpc) is 2.77. The van der Waals surface area contributed by atoms with Gasteiger partial charge in [-0.3, -0.25) is 0 Å². The van der Waals surface area contributed by atoms with E-state index in [9.17, 15) is 0 Å². The van der Waals surface area contributed by atoms with Crippen molar-refractivity contribution in [1.29, 1.82) is 0 Å². The molecule has 18 heavy (non-hydrogen) atoms. The molecule has 0 heterocycles. The molecule has 1 aromatic carbocycles. The topological polar surface area (TPSA) is 12.0 Å². The molecule has 1 aliphatic carbocycles. The lowest BCUT2D eigenvalue weighted by atomic mass is 9.91. The van der Waals surface area contributed by atoms with Crippen molar-refractivity contribution >= 4 is 0 Å². The first kappa shape index (κ1) is 13.6. The van der Waals surface area contributed by atoms with Crippen LogP contribution in [0.1, 0.15) is 57.1 Å². The molecule has 0 saturated heterocycles. The molecule has 100 valence electrons. The van der Waals surface area contributed by atoms with Crippen LogP contribution in [0.3, 0.4) is 0 Å². The fourth-order valence-electron chi connectivity index (χ4n) is 3.29. The summed E-state index contributed by atoms with van der Waals surface area (Å²) in [5.74, 6) is 1.48. The highest BCUT2D eigenvalue weighted by Gasteiger charge is 2.27. The molecule has 0 amide bonds. The first-order valence-corrected chi connectivity index (χ1v) is 7.53. The summed E-state index contributed by atoms with van der Waals surface area (Å²) >= 11 is 0. The molecule has 0 aromatic heterocycles. The van der Waals surface area contributed by atoms with Crippen LogP contribution >= 0.6 is 0 Å². The molecule has 1 saturated carbocycles. The Bertz CT molecular complexity index is 370. The zero-order valence-electron chi connectivity index (χ0n) is 12.1. The lowest BCUT2D eigenvalue weighted by molar-refractivity contribution is 0.492. The van der Waals surface area contributed by atoms with E-state index in [0.29, 0.717) is 6.04 Å². The van der Waals surface area contributed by atoms with Gasteiger partial charge < -0.3 is 5.32 Å². The van der Waals surface area contributed by atoms with Crippen molar-refractivity contribution < 1.29 is 0 Å². The SMILES string of the molecule is CCNC1CCCC1c1cccc(CC(C)C)c1. The largest absolute Gasteiger partial charge is 0.314 e. The molecule has 1 heteroatoms. The van der Waals surface area contributed by atoms with Crippen LogP contribution in [0.4, 0.5) is 0 Å². The molecule has 0 aliphatic heterocycles. The maximum absolute atomic E-state index is 3.65. The normalized spacial score (nSPS) is 23.8. The van der Waals surface area contributed by atoms with E-state index in [1.807, 2.05) is 0 Å². The van der Waals surface area contributed by atoms with Crippen molar-refractivity contribution in [1.82, 2.24) is 5.32 Å². The second-order valence-corrected chi connectivity index (χ2v) is 6.04. The van der Waals surface area contributed by atoms with E-state index >= 15 is 0 Å². The predicted molar refractivity (Wildman–Crippen MR) is 79.0 cm³/mol. The zero-order chi connectivity index (χ0) is 13.0. The van der Waals surface area contributed by atoms with E-state index in [2.05, 4.69) is 50.4 Å². The molecule has 0 spiro atoms. The number of hydrogen-bond donors (Lipinski definition) is 1. The summed E-state index contributed by atoms with van der Waals surface area (Å²) in [6.45, 7) is 7.89. The number of benzene rings is 1. The lowest BCUT2D eigenvalue weighted by Gasteiger charge is -2.21. The average molecular weight is 245 g/mol. The van der Waals surface area contributed by atoms with Crippen LogP contribution in [-0.4, -0.2) is 12.6 Å². The Hall–Kier alpha value is -0.820. The highest BCUT2D eigenvalue weighted by Crippen LogP contribution is 2.35. The van der Waals surface area contributed by atoms with E-state index in [0.717, 1.165) is 18.4 Å². The zero-order valence-corrected chi connectivity index (χ0v) is 12.1. The van der Waals surface area contributed by atoms with Gasteiger partial charge in [0.1, 0.15) is 0 Å². The molecule has 1 aliphatic rings. The van der Waals surface area contributed by atoms with Crippen LogP contribution in [0.5, 0.6) is 0 Å². The van der Waals surface area contributed by atoms with Crippen molar-refractivity contribution in [2.45, 2.75) is 58.4 Å². The Kier molecular flexibility index (Phi) is 4.82. The minimum absolute atomic E-state index is 0.698. The van der Waals surface area contributed by atoms with Crippen LogP contribution in [0, 0.1) is 5.92 Å². The summed E-state index contributed by atoms with van der Waals surface area (Å²) in [5.41, 5.74) is 3.06. The second-order valence-electron chi connectivity index (χ2n) is 6.04. The molecular weight excluding hydrogens is 218 g/mol. The Morgan fingerprint density at radius 1 is 1.28 bits per heavy atom. The molecule has 1 fully saturated rings. The number of nitrogens with one attached hydrogen (secondary N) is 1. The van der Waals surface area contributed by atoms with Gasteiger partial charge in [0.25, 0.3) is 0 Å². The first-order valence-electron chi connectivity index (χ1n) is 7.53. The van der Waals surface area contributed by atoms with Crippen LogP contribution in [0.25, 0.3) is 0 Å². The Balaban J connectivity index is 2.12. The van der Waals surface area contributed by atoms with E-state index in [-0.39, 0.29) is 0 Å². The maximum atomic E-state index is 3.65. The summed E-state index contributed by atoms with van der Waals surface area (Å²) in [6, 6.07) is 9.99. The van der Waals surface area contributed by atoms with Gasteiger partial charge in [0.15, 0.2) is 0 Å². The highest BCUT2D eigenvalue weighted by molar-refractivity contribution is 5.28. The van der Waals surface area contributed by atoms with Crippen LogP contribution in [0.15, 0.2) is 24.3 Å². The van der Waals surface area contributed by atoms with Crippen molar-refractivity contribution in [2.75, 3.05) is 6.54 Å². The molecule has 0 radical (unpaired) electrons. The summed E-state index contributed by atoms with van der Waals surface area (Å²) in [7, 11) is 0. The van der Waals surface area contributed by atoms with E-state index in [1.54, 1.807) is 5.56 Å². The fraction of sp³-hybridized carbons (Fsp3) is 0.647. The van der Waals surface area contributed by atoms with Gasteiger partial charge in [0.2, 0.25) is 0 Å². The summed E-state index contributed by atoms with van der Waals surface area (Å²) < 4.78 is 0. The van der Waals surface area contributed by atoms with Crippen LogP contribution in [-0.2, 0) is 6.42 Å². The summed E-state index contributed by atoms with van der Waals surface area (Å²) in [6.07, 6.45) is 5.26. The van der Waals surface area contributed by atoms with Gasteiger partial charge in [-0.05, 0) is 48.8 Å². The third-order valence-corrected chi connectivity index (χ3v) is 4.01.